The highest BCUT2D eigenvalue weighted by Crippen LogP contribution is 2.10. The Labute approximate surface area is 91.7 Å². The van der Waals surface area contributed by atoms with Gasteiger partial charge in [0.2, 0.25) is 11.6 Å². The first-order chi connectivity index (χ1) is 7.63. The topological polar surface area (TPSA) is 63.6 Å². The predicted octanol–water partition coefficient (Wildman–Crippen LogP) is 0.725. The minimum atomic E-state index is -0.710. The van der Waals surface area contributed by atoms with Crippen molar-refractivity contribution in [3.05, 3.63) is 30.1 Å². The van der Waals surface area contributed by atoms with E-state index >= 15 is 0 Å². The summed E-state index contributed by atoms with van der Waals surface area (Å²) < 4.78 is 17.5. The van der Waals surface area contributed by atoms with Crippen LogP contribution in [0.25, 0.3) is 0 Å². The van der Waals surface area contributed by atoms with Gasteiger partial charge in [-0.15, -0.1) is 0 Å². The summed E-state index contributed by atoms with van der Waals surface area (Å²) in [6, 6.07) is 5.10. The van der Waals surface area contributed by atoms with E-state index in [1.807, 2.05) is 0 Å². The molecule has 0 spiro atoms. The Balaban J connectivity index is 2.42. The Morgan fingerprint density at radius 3 is 2.38 bits per heavy atom. The van der Waals surface area contributed by atoms with Gasteiger partial charge in [0, 0.05) is 6.42 Å². The Hall–Kier alpha value is -1.75. The van der Waals surface area contributed by atoms with Crippen molar-refractivity contribution in [2.45, 2.75) is 6.42 Å². The molecule has 4 nitrogen and oxygen atoms in total. The molecule has 1 aromatic carbocycles. The zero-order chi connectivity index (χ0) is 12.0. The summed E-state index contributed by atoms with van der Waals surface area (Å²) in [4.78, 5) is 22.1. The molecule has 0 saturated heterocycles. The van der Waals surface area contributed by atoms with Gasteiger partial charge in [-0.2, -0.15) is 0 Å². The van der Waals surface area contributed by atoms with E-state index in [-0.39, 0.29) is 13.0 Å². The lowest BCUT2D eigenvalue weighted by molar-refractivity contribution is -0.138. The van der Waals surface area contributed by atoms with Gasteiger partial charge in [0.15, 0.2) is 6.61 Å². The number of hydrogen-bond acceptors (Lipinski definition) is 4. The largest absolute Gasteiger partial charge is 0.485 e. The van der Waals surface area contributed by atoms with E-state index in [1.165, 1.54) is 24.3 Å². The van der Waals surface area contributed by atoms with Crippen LogP contribution < -0.4 is 4.74 Å². The number of Topliss-reactive ketones (excluding diaryl/α,β-unsaturated/α-hetero) is 2. The summed E-state index contributed by atoms with van der Waals surface area (Å²) in [6.45, 7) is -0.758. The molecule has 0 aliphatic rings. The highest BCUT2D eigenvalue weighted by atomic mass is 19.1. The number of carbonyl (C=O) groups is 2. The van der Waals surface area contributed by atoms with Crippen LogP contribution in [0.3, 0.4) is 0 Å². The summed E-state index contributed by atoms with van der Waals surface area (Å²) in [6.07, 6.45) is -0.203. The fourth-order valence-corrected chi connectivity index (χ4v) is 1.00. The first-order valence-corrected chi connectivity index (χ1v) is 4.68. The van der Waals surface area contributed by atoms with Gasteiger partial charge >= 0.3 is 0 Å². The van der Waals surface area contributed by atoms with Gasteiger partial charge in [0.1, 0.15) is 11.6 Å². The van der Waals surface area contributed by atoms with Crippen molar-refractivity contribution in [1.82, 2.24) is 0 Å². The van der Waals surface area contributed by atoms with Gasteiger partial charge < -0.3 is 9.84 Å². The number of halogens is 1. The molecule has 86 valence electrons. The molecule has 0 saturated carbocycles. The maximum Gasteiger partial charge on any atom is 0.235 e. The number of ether oxygens (including phenoxy) is 1. The maximum absolute atomic E-state index is 12.5. The first kappa shape index (κ1) is 12.3. The predicted molar refractivity (Wildman–Crippen MR) is 53.6 cm³/mol. The second-order valence-electron chi connectivity index (χ2n) is 3.06. The van der Waals surface area contributed by atoms with Crippen LogP contribution in [0.5, 0.6) is 5.75 Å². The molecule has 0 bridgehead atoms. The lowest BCUT2D eigenvalue weighted by Gasteiger charge is -2.04. The van der Waals surface area contributed by atoms with E-state index in [2.05, 4.69) is 0 Å². The summed E-state index contributed by atoms with van der Waals surface area (Å²) in [5.41, 5.74) is 0. The minimum Gasteiger partial charge on any atom is -0.485 e. The van der Waals surface area contributed by atoms with Gasteiger partial charge in [0.25, 0.3) is 0 Å². The molecule has 0 fully saturated rings. The molecule has 0 atom stereocenters. The standard InChI is InChI=1S/C11H11FO4/c12-8-1-3-9(4-2-8)16-7-11(15)10(14)5-6-13/h1-4,13H,5-7H2. The van der Waals surface area contributed by atoms with Crippen molar-refractivity contribution in [1.29, 1.82) is 0 Å². The number of rotatable bonds is 6. The molecule has 1 N–H and O–H groups in total. The zero-order valence-electron chi connectivity index (χ0n) is 8.48. The number of hydrogen-bond donors (Lipinski definition) is 1. The number of aliphatic hydroxyl groups is 1. The van der Waals surface area contributed by atoms with Crippen LogP contribution >= 0.6 is 0 Å². The molecule has 0 radical (unpaired) electrons. The summed E-state index contributed by atoms with van der Waals surface area (Å²) >= 11 is 0. The third kappa shape index (κ3) is 3.78. The van der Waals surface area contributed by atoms with Gasteiger partial charge in [-0.3, -0.25) is 9.59 Å². The molecule has 0 unspecified atom stereocenters. The summed E-state index contributed by atoms with van der Waals surface area (Å²) in [5, 5.41) is 8.45. The molecule has 0 amide bonds. The lowest BCUT2D eigenvalue weighted by Crippen LogP contribution is -2.22. The molecule has 0 aliphatic carbocycles. The van der Waals surface area contributed by atoms with E-state index in [0.29, 0.717) is 5.75 Å². The lowest BCUT2D eigenvalue weighted by atomic mass is 10.2. The van der Waals surface area contributed by atoms with Gasteiger partial charge in [-0.05, 0) is 24.3 Å². The second kappa shape index (κ2) is 5.97. The average molecular weight is 226 g/mol. The third-order valence-corrected chi connectivity index (χ3v) is 1.83. The van der Waals surface area contributed by atoms with Crippen LogP contribution in [0.1, 0.15) is 6.42 Å². The van der Waals surface area contributed by atoms with Crippen LogP contribution in [-0.4, -0.2) is 29.9 Å². The number of ketones is 2. The summed E-state index contributed by atoms with van der Waals surface area (Å²) in [5.74, 6) is -1.48. The Bertz CT molecular complexity index is 372. The third-order valence-electron chi connectivity index (χ3n) is 1.83. The minimum absolute atomic E-state index is 0.203. The van der Waals surface area contributed by atoms with Crippen molar-refractivity contribution in [2.24, 2.45) is 0 Å². The van der Waals surface area contributed by atoms with Crippen molar-refractivity contribution in [3.63, 3.8) is 0 Å². The fourth-order valence-electron chi connectivity index (χ4n) is 1.00. The zero-order valence-corrected chi connectivity index (χ0v) is 8.48. The Morgan fingerprint density at radius 1 is 1.19 bits per heavy atom. The maximum atomic E-state index is 12.5. The average Bonchev–Trinajstić information content (AvgIpc) is 2.28. The molecule has 1 rings (SSSR count). The van der Waals surface area contributed by atoms with Crippen molar-refractivity contribution in [3.8, 4) is 5.75 Å². The summed E-state index contributed by atoms with van der Waals surface area (Å²) in [7, 11) is 0. The monoisotopic (exact) mass is 226 g/mol. The smallest absolute Gasteiger partial charge is 0.235 e. The molecule has 0 aliphatic heterocycles. The molecule has 1 aromatic rings. The van der Waals surface area contributed by atoms with E-state index in [9.17, 15) is 14.0 Å². The first-order valence-electron chi connectivity index (χ1n) is 4.68. The Kier molecular flexibility index (Phi) is 4.60. The van der Waals surface area contributed by atoms with E-state index in [4.69, 9.17) is 9.84 Å². The molecule has 0 aromatic heterocycles. The van der Waals surface area contributed by atoms with Crippen LogP contribution in [0, 0.1) is 5.82 Å². The molecule has 0 heterocycles. The number of aliphatic hydroxyl groups excluding tert-OH is 1. The number of carbonyl (C=O) groups excluding carboxylic acids is 2. The highest BCUT2D eigenvalue weighted by Gasteiger charge is 2.13. The van der Waals surface area contributed by atoms with Crippen LogP contribution in [0.2, 0.25) is 0 Å². The van der Waals surface area contributed by atoms with Gasteiger partial charge in [-0.1, -0.05) is 0 Å². The molecule has 5 heteroatoms. The quantitative estimate of drug-likeness (QED) is 0.726. The second-order valence-corrected chi connectivity index (χ2v) is 3.06. The van der Waals surface area contributed by atoms with E-state index < -0.39 is 24.0 Å². The van der Waals surface area contributed by atoms with Gasteiger partial charge in [-0.25, -0.2) is 4.39 Å². The molecular weight excluding hydrogens is 215 g/mol. The van der Waals surface area contributed by atoms with Crippen LogP contribution in [0.4, 0.5) is 4.39 Å². The fraction of sp³-hybridized carbons (Fsp3) is 0.273. The normalized spacial score (nSPS) is 9.88. The molecule has 16 heavy (non-hydrogen) atoms. The number of benzene rings is 1. The van der Waals surface area contributed by atoms with Crippen molar-refractivity contribution in [2.75, 3.05) is 13.2 Å². The Morgan fingerprint density at radius 2 is 1.81 bits per heavy atom. The van der Waals surface area contributed by atoms with E-state index in [0.717, 1.165) is 0 Å². The van der Waals surface area contributed by atoms with Gasteiger partial charge in [0.05, 0.1) is 6.61 Å². The molecular formula is C11H11FO4. The van der Waals surface area contributed by atoms with E-state index in [1.54, 1.807) is 0 Å². The van der Waals surface area contributed by atoms with Crippen molar-refractivity contribution < 1.29 is 23.8 Å². The van der Waals surface area contributed by atoms with Crippen molar-refractivity contribution >= 4 is 11.6 Å². The SMILES string of the molecule is O=C(CCO)C(=O)COc1ccc(F)cc1. The van der Waals surface area contributed by atoms with Crippen LogP contribution in [0.15, 0.2) is 24.3 Å². The highest BCUT2D eigenvalue weighted by molar-refractivity contribution is 6.37. The van der Waals surface area contributed by atoms with Crippen LogP contribution in [-0.2, 0) is 9.59 Å².